The molecule has 2 amide bonds. The molecule has 0 aromatic heterocycles. The number of hydrogen-bond acceptors (Lipinski definition) is 6. The van der Waals surface area contributed by atoms with Gasteiger partial charge in [-0.3, -0.25) is 19.2 Å². The average molecular weight is 435 g/mol. The zero-order valence-electron chi connectivity index (χ0n) is 18.2. The molecule has 8 heteroatoms. The zero-order chi connectivity index (χ0) is 21.4. The second-order valence-corrected chi connectivity index (χ2v) is 5.28. The first kappa shape index (κ1) is 35.1. The van der Waals surface area contributed by atoms with Crippen LogP contribution in [0.3, 0.4) is 0 Å². The van der Waals surface area contributed by atoms with Gasteiger partial charge < -0.3 is 22.9 Å². The fourth-order valence-corrected chi connectivity index (χ4v) is 1.92. The number of hydrogen-bond donors (Lipinski definition) is 4. The van der Waals surface area contributed by atoms with Crippen molar-refractivity contribution in [1.29, 1.82) is 0 Å². The van der Waals surface area contributed by atoms with E-state index in [2.05, 4.69) is 10.6 Å². The lowest BCUT2D eigenvalue weighted by atomic mass is 10.1. The molecule has 8 nitrogen and oxygen atoms in total. The van der Waals surface area contributed by atoms with Crippen molar-refractivity contribution in [3.8, 4) is 0 Å². The molecule has 0 spiro atoms. The van der Waals surface area contributed by atoms with Crippen molar-refractivity contribution in [2.45, 2.75) is 34.1 Å². The molecule has 0 heterocycles. The minimum Gasteiger partial charge on any atom is -0.359 e. The van der Waals surface area contributed by atoms with Gasteiger partial charge in [0.15, 0.2) is 11.6 Å². The van der Waals surface area contributed by atoms with E-state index in [9.17, 15) is 19.2 Å². The summed E-state index contributed by atoms with van der Waals surface area (Å²) in [7, 11) is 3.03. The lowest BCUT2D eigenvalue weighted by Crippen LogP contribution is -2.21. The van der Waals surface area contributed by atoms with Crippen molar-refractivity contribution in [2.24, 2.45) is 0 Å². The van der Waals surface area contributed by atoms with E-state index < -0.39 is 0 Å². The molecule has 174 valence electrons. The van der Waals surface area contributed by atoms with Crippen molar-refractivity contribution in [2.75, 3.05) is 14.1 Å². The first-order valence-electron chi connectivity index (χ1n) is 9.05. The van der Waals surface area contributed by atoms with Crippen LogP contribution in [0.15, 0.2) is 60.7 Å². The largest absolute Gasteiger partial charge is 0.359 e. The van der Waals surface area contributed by atoms with Crippen LogP contribution in [-0.2, 0) is 9.59 Å². The molecule has 0 aliphatic rings. The molecule has 31 heavy (non-hydrogen) atoms. The number of carbonyl (C=O) groups excluding carboxylic acids is 4. The average Bonchev–Trinajstić information content (AvgIpc) is 2.76. The molecule has 0 atom stereocenters. The number of nitrogens with one attached hydrogen (secondary N) is 2. The first-order chi connectivity index (χ1) is 13.5. The number of amides is 2. The molecule has 2 rings (SSSR count). The zero-order valence-corrected chi connectivity index (χ0v) is 18.2. The summed E-state index contributed by atoms with van der Waals surface area (Å²) in [6.45, 7) is 4.00. The molecule has 0 saturated heterocycles. The minimum absolute atomic E-state index is 0. The monoisotopic (exact) mass is 434 g/mol. The van der Waals surface area contributed by atoms with Gasteiger partial charge in [0, 0.05) is 25.2 Å². The van der Waals surface area contributed by atoms with Gasteiger partial charge in [0.1, 0.15) is 0 Å². The van der Waals surface area contributed by atoms with Gasteiger partial charge in [-0.25, -0.2) is 0 Å². The Morgan fingerprint density at radius 2 is 0.871 bits per heavy atom. The van der Waals surface area contributed by atoms with E-state index in [0.717, 1.165) is 0 Å². The van der Waals surface area contributed by atoms with E-state index >= 15 is 0 Å². The summed E-state index contributed by atoms with van der Waals surface area (Å²) in [5, 5.41) is 4.81. The Morgan fingerprint density at radius 3 is 1.10 bits per heavy atom. The molecular formula is C23H38N4O4. The Kier molecular flexibility index (Phi) is 24.2. The van der Waals surface area contributed by atoms with Crippen LogP contribution < -0.4 is 22.9 Å². The number of Topliss-reactive ketones (excluding diaryl/α,β-unsaturated/α-hetero) is 2. The lowest BCUT2D eigenvalue weighted by Gasteiger charge is -1.98. The van der Waals surface area contributed by atoms with E-state index in [-0.39, 0.29) is 56.0 Å². The standard InChI is InChI=1S/2C10H11NO2.C2H6.CH4.2H3N/c2*1-11-10(13)7-9(12)8-5-3-2-4-6-8;1-2;;;/h2*2-6H,7H2,1H3,(H,11,13);1-2H3;1H4;2*1H3. The van der Waals surface area contributed by atoms with Gasteiger partial charge >= 0.3 is 0 Å². The van der Waals surface area contributed by atoms with Crippen molar-refractivity contribution < 1.29 is 19.2 Å². The highest BCUT2D eigenvalue weighted by atomic mass is 16.2. The summed E-state index contributed by atoms with van der Waals surface area (Å²) < 4.78 is 0. The smallest absolute Gasteiger partial charge is 0.227 e. The summed E-state index contributed by atoms with van der Waals surface area (Å²) in [6, 6.07) is 17.6. The van der Waals surface area contributed by atoms with Crippen LogP contribution >= 0.6 is 0 Å². The van der Waals surface area contributed by atoms with Gasteiger partial charge in [-0.15, -0.1) is 0 Å². The number of benzene rings is 2. The molecule has 2 aromatic rings. The third-order valence-corrected chi connectivity index (χ3v) is 3.39. The Morgan fingerprint density at radius 1 is 0.613 bits per heavy atom. The second kappa shape index (κ2) is 21.4. The Hall–Kier alpha value is -3.36. The second-order valence-electron chi connectivity index (χ2n) is 5.28. The quantitative estimate of drug-likeness (QED) is 0.396. The van der Waals surface area contributed by atoms with Crippen LogP contribution in [0.1, 0.15) is 54.8 Å². The van der Waals surface area contributed by atoms with Crippen LogP contribution in [0.5, 0.6) is 0 Å². The van der Waals surface area contributed by atoms with Gasteiger partial charge in [0.2, 0.25) is 11.8 Å². The van der Waals surface area contributed by atoms with Crippen LogP contribution in [0.2, 0.25) is 0 Å². The number of rotatable bonds is 6. The number of carbonyl (C=O) groups is 4. The fraction of sp³-hybridized carbons (Fsp3) is 0.304. The van der Waals surface area contributed by atoms with Gasteiger partial charge in [-0.2, -0.15) is 0 Å². The Labute approximate surface area is 186 Å². The molecule has 0 saturated carbocycles. The van der Waals surface area contributed by atoms with Crippen LogP contribution in [0, 0.1) is 0 Å². The van der Waals surface area contributed by atoms with Crippen molar-refractivity contribution >= 4 is 23.4 Å². The molecular weight excluding hydrogens is 396 g/mol. The molecule has 8 N–H and O–H groups in total. The Bertz CT molecular complexity index is 685. The predicted octanol–water partition coefficient (Wildman–Crippen LogP) is 4.00. The summed E-state index contributed by atoms with van der Waals surface area (Å²) in [4.78, 5) is 44.4. The molecule has 0 unspecified atom stereocenters. The highest BCUT2D eigenvalue weighted by Gasteiger charge is 2.09. The molecule has 2 aromatic carbocycles. The predicted molar refractivity (Wildman–Crippen MR) is 127 cm³/mol. The molecule has 0 bridgehead atoms. The Balaban J connectivity index is -0.000000200. The van der Waals surface area contributed by atoms with E-state index in [1.165, 1.54) is 14.1 Å². The van der Waals surface area contributed by atoms with Gasteiger partial charge in [-0.05, 0) is 0 Å². The van der Waals surface area contributed by atoms with Gasteiger partial charge in [0.05, 0.1) is 12.8 Å². The van der Waals surface area contributed by atoms with Gasteiger partial charge in [-0.1, -0.05) is 81.9 Å². The van der Waals surface area contributed by atoms with E-state index in [1.54, 1.807) is 48.5 Å². The third kappa shape index (κ3) is 15.2. The van der Waals surface area contributed by atoms with Crippen LogP contribution in [0.25, 0.3) is 0 Å². The van der Waals surface area contributed by atoms with Crippen LogP contribution in [0.4, 0.5) is 0 Å². The molecule has 0 aliphatic heterocycles. The molecule has 0 fully saturated rings. The van der Waals surface area contributed by atoms with E-state index in [1.807, 2.05) is 26.0 Å². The normalized spacial score (nSPS) is 8.00. The fourth-order valence-electron chi connectivity index (χ4n) is 1.92. The van der Waals surface area contributed by atoms with Crippen molar-refractivity contribution in [3.63, 3.8) is 0 Å². The molecule has 0 radical (unpaired) electrons. The van der Waals surface area contributed by atoms with E-state index in [4.69, 9.17) is 0 Å². The SMILES string of the molecule is C.CC.CNC(=O)CC(=O)c1ccccc1.CNC(=O)CC(=O)c1ccccc1.N.N. The highest BCUT2D eigenvalue weighted by molar-refractivity contribution is 6.07. The molecule has 0 aliphatic carbocycles. The third-order valence-electron chi connectivity index (χ3n) is 3.39. The highest BCUT2D eigenvalue weighted by Crippen LogP contribution is 2.03. The van der Waals surface area contributed by atoms with Gasteiger partial charge in [0.25, 0.3) is 0 Å². The van der Waals surface area contributed by atoms with E-state index in [0.29, 0.717) is 11.1 Å². The lowest BCUT2D eigenvalue weighted by molar-refractivity contribution is -0.120. The van der Waals surface area contributed by atoms with Crippen molar-refractivity contribution in [1.82, 2.24) is 22.9 Å². The first-order valence-corrected chi connectivity index (χ1v) is 9.05. The van der Waals surface area contributed by atoms with Crippen molar-refractivity contribution in [3.05, 3.63) is 71.8 Å². The maximum atomic E-state index is 11.4. The number of ketones is 2. The van der Waals surface area contributed by atoms with Crippen LogP contribution in [-0.4, -0.2) is 37.5 Å². The maximum Gasteiger partial charge on any atom is 0.227 e. The summed E-state index contributed by atoms with van der Waals surface area (Å²) in [5.41, 5.74) is 1.15. The summed E-state index contributed by atoms with van der Waals surface area (Å²) in [5.74, 6) is -0.817. The maximum absolute atomic E-state index is 11.4. The summed E-state index contributed by atoms with van der Waals surface area (Å²) in [6.07, 6.45) is -0.166. The summed E-state index contributed by atoms with van der Waals surface area (Å²) >= 11 is 0. The minimum atomic E-state index is -0.256. The topological polar surface area (TPSA) is 162 Å².